The summed E-state index contributed by atoms with van der Waals surface area (Å²) in [7, 11) is 0. The van der Waals surface area contributed by atoms with E-state index in [2.05, 4.69) is 15.3 Å². The minimum Gasteiger partial charge on any atom is -0.393 e. The van der Waals surface area contributed by atoms with Crippen molar-refractivity contribution >= 4 is 17.4 Å². The molecule has 1 aromatic rings. The van der Waals surface area contributed by atoms with Crippen molar-refractivity contribution in [1.82, 2.24) is 9.97 Å². The topological polar surface area (TPSA) is 58.0 Å². The Bertz CT molecular complexity index is 366. The summed E-state index contributed by atoms with van der Waals surface area (Å²) in [6, 6.07) is 1.73. The number of aryl methyl sites for hydroxylation is 1. The molecule has 0 aliphatic heterocycles. The molecular weight excluding hydrogens is 226 g/mol. The van der Waals surface area contributed by atoms with Crippen LogP contribution in [0.4, 0.5) is 5.82 Å². The molecule has 0 spiro atoms. The number of anilines is 1. The molecule has 1 heterocycles. The van der Waals surface area contributed by atoms with Crippen LogP contribution in [-0.2, 0) is 6.42 Å². The maximum Gasteiger partial charge on any atom is 0.134 e. The molecule has 4 nitrogen and oxygen atoms in total. The molecular formula is C11H16ClN3O. The van der Waals surface area contributed by atoms with Crippen molar-refractivity contribution in [2.24, 2.45) is 5.92 Å². The van der Waals surface area contributed by atoms with Gasteiger partial charge in [-0.2, -0.15) is 0 Å². The molecule has 1 aliphatic rings. The van der Waals surface area contributed by atoms with E-state index in [0.717, 1.165) is 37.4 Å². The molecule has 88 valence electrons. The van der Waals surface area contributed by atoms with Gasteiger partial charge in [-0.3, -0.25) is 0 Å². The highest BCUT2D eigenvalue weighted by Gasteiger charge is 2.26. The fourth-order valence-electron chi connectivity index (χ4n) is 1.83. The Morgan fingerprint density at radius 1 is 1.50 bits per heavy atom. The second-order valence-corrected chi connectivity index (χ2v) is 4.61. The molecule has 2 N–H and O–H groups in total. The van der Waals surface area contributed by atoms with E-state index < -0.39 is 0 Å². The highest BCUT2D eigenvalue weighted by atomic mass is 35.5. The summed E-state index contributed by atoms with van der Waals surface area (Å²) < 4.78 is 0. The zero-order valence-corrected chi connectivity index (χ0v) is 10.0. The smallest absolute Gasteiger partial charge is 0.134 e. The Kier molecular flexibility index (Phi) is 3.61. The average Bonchev–Trinajstić information content (AvgIpc) is 2.22. The third kappa shape index (κ3) is 2.83. The lowest BCUT2D eigenvalue weighted by molar-refractivity contribution is 0.0486. The maximum absolute atomic E-state index is 9.17. The van der Waals surface area contributed by atoms with Gasteiger partial charge in [0.25, 0.3) is 0 Å². The lowest BCUT2D eigenvalue weighted by Crippen LogP contribution is -2.33. The number of aliphatic hydroxyl groups is 1. The summed E-state index contributed by atoms with van der Waals surface area (Å²) >= 11 is 5.88. The molecule has 2 rings (SSSR count). The van der Waals surface area contributed by atoms with E-state index in [1.165, 1.54) is 0 Å². The van der Waals surface area contributed by atoms with E-state index in [4.69, 9.17) is 16.7 Å². The zero-order valence-electron chi connectivity index (χ0n) is 9.28. The van der Waals surface area contributed by atoms with Gasteiger partial charge in [-0.15, -0.1) is 0 Å². The van der Waals surface area contributed by atoms with E-state index in [1.807, 2.05) is 6.92 Å². The fourth-order valence-corrected chi connectivity index (χ4v) is 2.03. The molecule has 5 heteroatoms. The summed E-state index contributed by atoms with van der Waals surface area (Å²) in [4.78, 5) is 8.43. The van der Waals surface area contributed by atoms with Gasteiger partial charge in [0, 0.05) is 19.0 Å². The van der Waals surface area contributed by atoms with Crippen molar-refractivity contribution in [3.05, 3.63) is 17.0 Å². The van der Waals surface area contributed by atoms with Gasteiger partial charge < -0.3 is 10.4 Å². The first kappa shape index (κ1) is 11.6. The van der Waals surface area contributed by atoms with Gasteiger partial charge in [0.1, 0.15) is 16.8 Å². The van der Waals surface area contributed by atoms with E-state index in [1.54, 1.807) is 6.07 Å². The van der Waals surface area contributed by atoms with Crippen LogP contribution in [0.3, 0.4) is 0 Å². The lowest BCUT2D eigenvalue weighted by atomic mass is 9.82. The average molecular weight is 242 g/mol. The van der Waals surface area contributed by atoms with E-state index in [0.29, 0.717) is 11.1 Å². The van der Waals surface area contributed by atoms with Gasteiger partial charge >= 0.3 is 0 Å². The van der Waals surface area contributed by atoms with E-state index >= 15 is 0 Å². The Morgan fingerprint density at radius 2 is 2.25 bits per heavy atom. The number of aromatic nitrogens is 2. The molecule has 1 aliphatic carbocycles. The summed E-state index contributed by atoms with van der Waals surface area (Å²) in [5.74, 6) is 2.08. The summed E-state index contributed by atoms with van der Waals surface area (Å²) in [5, 5.41) is 12.9. The van der Waals surface area contributed by atoms with Crippen LogP contribution in [0.15, 0.2) is 6.07 Å². The summed E-state index contributed by atoms with van der Waals surface area (Å²) in [5.41, 5.74) is 0. The molecule has 16 heavy (non-hydrogen) atoms. The van der Waals surface area contributed by atoms with Crippen molar-refractivity contribution in [3.8, 4) is 0 Å². The Hall–Kier alpha value is -0.870. The van der Waals surface area contributed by atoms with Gasteiger partial charge in [-0.05, 0) is 18.8 Å². The Labute approximate surface area is 100 Å². The monoisotopic (exact) mass is 241 g/mol. The molecule has 1 saturated carbocycles. The van der Waals surface area contributed by atoms with Crippen LogP contribution in [0.25, 0.3) is 0 Å². The number of hydrogen-bond donors (Lipinski definition) is 2. The normalized spacial score (nSPS) is 23.9. The van der Waals surface area contributed by atoms with Gasteiger partial charge in [0.15, 0.2) is 0 Å². The SMILES string of the molecule is CCc1nc(Cl)cc(NCC2CC(O)C2)n1. The Balaban J connectivity index is 1.90. The second-order valence-electron chi connectivity index (χ2n) is 4.22. The Morgan fingerprint density at radius 3 is 2.88 bits per heavy atom. The van der Waals surface area contributed by atoms with E-state index in [9.17, 15) is 0 Å². The summed E-state index contributed by atoms with van der Waals surface area (Å²) in [6.07, 6.45) is 2.43. The first-order valence-corrected chi connectivity index (χ1v) is 6.00. The van der Waals surface area contributed by atoms with Crippen LogP contribution in [0, 0.1) is 5.92 Å². The minimum absolute atomic E-state index is 0.105. The third-order valence-electron chi connectivity index (χ3n) is 2.84. The number of aliphatic hydroxyl groups excluding tert-OH is 1. The second kappa shape index (κ2) is 4.97. The van der Waals surface area contributed by atoms with Crippen LogP contribution in [0.5, 0.6) is 0 Å². The van der Waals surface area contributed by atoms with Gasteiger partial charge in [-0.1, -0.05) is 18.5 Å². The molecule has 1 fully saturated rings. The molecule has 0 atom stereocenters. The van der Waals surface area contributed by atoms with Gasteiger partial charge in [-0.25, -0.2) is 9.97 Å². The minimum atomic E-state index is -0.105. The van der Waals surface area contributed by atoms with Crippen LogP contribution < -0.4 is 5.32 Å². The quantitative estimate of drug-likeness (QED) is 0.791. The molecule has 0 bridgehead atoms. The third-order valence-corrected chi connectivity index (χ3v) is 3.03. The van der Waals surface area contributed by atoms with Crippen molar-refractivity contribution in [2.45, 2.75) is 32.3 Å². The predicted molar refractivity (Wildman–Crippen MR) is 63.6 cm³/mol. The molecule has 0 aromatic carbocycles. The number of hydrogen-bond acceptors (Lipinski definition) is 4. The number of halogens is 1. The lowest BCUT2D eigenvalue weighted by Gasteiger charge is -2.31. The predicted octanol–water partition coefficient (Wildman–Crippen LogP) is 1.88. The van der Waals surface area contributed by atoms with Crippen LogP contribution in [0.1, 0.15) is 25.6 Å². The highest BCUT2D eigenvalue weighted by Crippen LogP contribution is 2.27. The number of nitrogens with one attached hydrogen (secondary N) is 1. The van der Waals surface area contributed by atoms with Gasteiger partial charge in [0.05, 0.1) is 6.10 Å². The molecule has 0 amide bonds. The largest absolute Gasteiger partial charge is 0.393 e. The van der Waals surface area contributed by atoms with Crippen LogP contribution in [-0.4, -0.2) is 27.7 Å². The molecule has 0 saturated heterocycles. The number of nitrogens with zero attached hydrogens (tertiary/aromatic N) is 2. The summed E-state index contributed by atoms with van der Waals surface area (Å²) in [6.45, 7) is 2.84. The fraction of sp³-hybridized carbons (Fsp3) is 0.636. The molecule has 1 aromatic heterocycles. The van der Waals surface area contributed by atoms with Crippen LogP contribution >= 0.6 is 11.6 Å². The first-order valence-electron chi connectivity index (χ1n) is 5.62. The highest BCUT2D eigenvalue weighted by molar-refractivity contribution is 6.29. The standard InChI is InChI=1S/C11H16ClN3O/c1-2-10-14-9(12)5-11(15-10)13-6-7-3-8(16)4-7/h5,7-8,16H,2-4,6H2,1H3,(H,13,14,15). The van der Waals surface area contributed by atoms with Crippen LogP contribution in [0.2, 0.25) is 5.15 Å². The van der Waals surface area contributed by atoms with Crippen molar-refractivity contribution in [2.75, 3.05) is 11.9 Å². The van der Waals surface area contributed by atoms with Crippen molar-refractivity contribution in [3.63, 3.8) is 0 Å². The van der Waals surface area contributed by atoms with Gasteiger partial charge in [0.2, 0.25) is 0 Å². The van der Waals surface area contributed by atoms with Crippen molar-refractivity contribution < 1.29 is 5.11 Å². The number of rotatable bonds is 4. The zero-order chi connectivity index (χ0) is 11.5. The van der Waals surface area contributed by atoms with E-state index in [-0.39, 0.29) is 6.10 Å². The molecule has 0 radical (unpaired) electrons. The maximum atomic E-state index is 9.17. The van der Waals surface area contributed by atoms with Crippen molar-refractivity contribution in [1.29, 1.82) is 0 Å². The molecule has 0 unspecified atom stereocenters. The first-order chi connectivity index (χ1) is 7.67.